The van der Waals surface area contributed by atoms with Gasteiger partial charge in [0.1, 0.15) is 5.82 Å². The van der Waals surface area contributed by atoms with E-state index in [0.717, 1.165) is 5.56 Å². The molecule has 0 fully saturated rings. The molecule has 0 heterocycles. The summed E-state index contributed by atoms with van der Waals surface area (Å²) in [5.41, 5.74) is 1.61. The number of rotatable bonds is 1. The lowest BCUT2D eigenvalue weighted by molar-refractivity contribution is 0.616. The van der Waals surface area contributed by atoms with Crippen molar-refractivity contribution in [2.45, 2.75) is 19.1 Å². The van der Waals surface area contributed by atoms with Gasteiger partial charge in [0.25, 0.3) is 0 Å². The summed E-state index contributed by atoms with van der Waals surface area (Å²) in [6, 6.07) is 5.21. The van der Waals surface area contributed by atoms with E-state index in [0.29, 0.717) is 5.56 Å². The van der Waals surface area contributed by atoms with Gasteiger partial charge in [0.05, 0.1) is 0 Å². The van der Waals surface area contributed by atoms with E-state index in [9.17, 15) is 4.39 Å². The molecule has 1 aromatic carbocycles. The molecule has 0 aliphatic rings. The van der Waals surface area contributed by atoms with Crippen LogP contribution in [0, 0.1) is 12.7 Å². The third-order valence-electron chi connectivity index (χ3n) is 1.68. The summed E-state index contributed by atoms with van der Waals surface area (Å²) in [4.78, 5) is 0. The molecule has 1 rings (SSSR count). The highest BCUT2D eigenvalue weighted by Crippen LogP contribution is 2.20. The van der Waals surface area contributed by atoms with Crippen LogP contribution >= 0.6 is 12.6 Å². The molecule has 2 heteroatoms. The van der Waals surface area contributed by atoms with Crippen molar-refractivity contribution in [2.75, 3.05) is 0 Å². The van der Waals surface area contributed by atoms with Crippen molar-refractivity contribution < 1.29 is 4.39 Å². The smallest absolute Gasteiger partial charge is 0.126 e. The molecule has 0 radical (unpaired) electrons. The molecule has 0 saturated heterocycles. The van der Waals surface area contributed by atoms with Gasteiger partial charge in [0.15, 0.2) is 0 Å². The highest BCUT2D eigenvalue weighted by molar-refractivity contribution is 7.80. The number of benzene rings is 1. The van der Waals surface area contributed by atoms with Crippen LogP contribution in [-0.4, -0.2) is 0 Å². The quantitative estimate of drug-likeness (QED) is 0.615. The van der Waals surface area contributed by atoms with Crippen LogP contribution in [0.5, 0.6) is 0 Å². The van der Waals surface area contributed by atoms with E-state index in [1.165, 1.54) is 6.07 Å². The zero-order valence-corrected chi connectivity index (χ0v) is 7.53. The first kappa shape index (κ1) is 8.60. The lowest BCUT2D eigenvalue weighted by Gasteiger charge is -2.04. The first-order valence-electron chi connectivity index (χ1n) is 3.55. The van der Waals surface area contributed by atoms with Crippen molar-refractivity contribution in [3.05, 3.63) is 35.1 Å². The van der Waals surface area contributed by atoms with Crippen molar-refractivity contribution in [1.29, 1.82) is 0 Å². The molecule has 1 aromatic rings. The molecule has 0 saturated carbocycles. The van der Waals surface area contributed by atoms with Crippen LogP contribution in [-0.2, 0) is 0 Å². The average molecular weight is 170 g/mol. The number of hydrogen-bond acceptors (Lipinski definition) is 1. The van der Waals surface area contributed by atoms with E-state index in [-0.39, 0.29) is 11.1 Å². The highest BCUT2D eigenvalue weighted by atomic mass is 32.1. The average Bonchev–Trinajstić information content (AvgIpc) is 1.94. The minimum absolute atomic E-state index is 0.102. The molecule has 1 unspecified atom stereocenters. The van der Waals surface area contributed by atoms with Gasteiger partial charge in [-0.15, -0.1) is 0 Å². The maximum absolute atomic E-state index is 12.9. The fourth-order valence-electron chi connectivity index (χ4n) is 0.869. The van der Waals surface area contributed by atoms with Crippen molar-refractivity contribution in [3.63, 3.8) is 0 Å². The van der Waals surface area contributed by atoms with Crippen molar-refractivity contribution in [1.82, 2.24) is 0 Å². The Morgan fingerprint density at radius 1 is 1.45 bits per heavy atom. The lowest BCUT2D eigenvalue weighted by Crippen LogP contribution is -1.88. The zero-order chi connectivity index (χ0) is 8.43. The van der Waals surface area contributed by atoms with Gasteiger partial charge in [-0.1, -0.05) is 12.1 Å². The molecule has 0 aliphatic heterocycles. The van der Waals surface area contributed by atoms with E-state index < -0.39 is 0 Å². The second-order valence-electron chi connectivity index (χ2n) is 2.68. The molecule has 1 atom stereocenters. The van der Waals surface area contributed by atoms with Crippen molar-refractivity contribution in [2.24, 2.45) is 0 Å². The van der Waals surface area contributed by atoms with Crippen LogP contribution in [0.1, 0.15) is 23.3 Å². The molecule has 11 heavy (non-hydrogen) atoms. The maximum atomic E-state index is 12.9. The van der Waals surface area contributed by atoms with Gasteiger partial charge in [-0.2, -0.15) is 12.6 Å². The van der Waals surface area contributed by atoms with E-state index in [1.54, 1.807) is 13.0 Å². The third kappa shape index (κ3) is 1.96. The Balaban J connectivity index is 3.05. The van der Waals surface area contributed by atoms with Gasteiger partial charge >= 0.3 is 0 Å². The Hall–Kier alpha value is -0.500. The Bertz CT molecular complexity index is 256. The van der Waals surface area contributed by atoms with Gasteiger partial charge < -0.3 is 0 Å². The topological polar surface area (TPSA) is 0 Å². The monoisotopic (exact) mass is 170 g/mol. The minimum atomic E-state index is -0.150. The van der Waals surface area contributed by atoms with Crippen LogP contribution in [0.25, 0.3) is 0 Å². The summed E-state index contributed by atoms with van der Waals surface area (Å²) in [6.07, 6.45) is 0. The number of hydrogen-bond donors (Lipinski definition) is 1. The van der Waals surface area contributed by atoms with Crippen LogP contribution in [0.15, 0.2) is 18.2 Å². The molecule has 0 N–H and O–H groups in total. The Kier molecular flexibility index (Phi) is 2.55. The Labute approximate surface area is 71.8 Å². The molecule has 0 aromatic heterocycles. The van der Waals surface area contributed by atoms with Crippen molar-refractivity contribution in [3.8, 4) is 0 Å². The Morgan fingerprint density at radius 2 is 2.09 bits per heavy atom. The molecule has 0 nitrogen and oxygen atoms in total. The number of aryl methyl sites for hydroxylation is 1. The molecule has 0 aliphatic carbocycles. The minimum Gasteiger partial charge on any atom is -0.207 e. The van der Waals surface area contributed by atoms with Gasteiger partial charge in [0.2, 0.25) is 0 Å². The highest BCUT2D eigenvalue weighted by Gasteiger charge is 2.02. The van der Waals surface area contributed by atoms with E-state index in [1.807, 2.05) is 13.0 Å². The number of halogens is 1. The summed E-state index contributed by atoms with van der Waals surface area (Å²) in [5.74, 6) is -0.150. The summed E-state index contributed by atoms with van der Waals surface area (Å²) in [7, 11) is 0. The predicted molar refractivity (Wildman–Crippen MR) is 48.5 cm³/mol. The van der Waals surface area contributed by atoms with E-state index >= 15 is 0 Å². The lowest BCUT2D eigenvalue weighted by atomic mass is 10.1. The van der Waals surface area contributed by atoms with Crippen LogP contribution < -0.4 is 0 Å². The van der Waals surface area contributed by atoms with E-state index in [4.69, 9.17) is 0 Å². The van der Waals surface area contributed by atoms with Crippen LogP contribution in [0.2, 0.25) is 0 Å². The van der Waals surface area contributed by atoms with Crippen molar-refractivity contribution >= 4 is 12.6 Å². The first-order chi connectivity index (χ1) is 5.11. The molecule has 0 bridgehead atoms. The molecular formula is C9H11FS. The fourth-order valence-corrected chi connectivity index (χ4v) is 1.03. The predicted octanol–water partition coefficient (Wildman–Crippen LogP) is 3.12. The number of thiol groups is 1. The summed E-state index contributed by atoms with van der Waals surface area (Å²) < 4.78 is 12.9. The van der Waals surface area contributed by atoms with Gasteiger partial charge in [-0.25, -0.2) is 4.39 Å². The first-order valence-corrected chi connectivity index (χ1v) is 4.07. The normalized spacial score (nSPS) is 13.1. The SMILES string of the molecule is Cc1ccc(C(C)S)cc1F. The Morgan fingerprint density at radius 3 is 2.55 bits per heavy atom. The van der Waals surface area contributed by atoms with Crippen LogP contribution in [0.4, 0.5) is 4.39 Å². The second-order valence-corrected chi connectivity index (χ2v) is 3.46. The standard InChI is InChI=1S/C9H11FS/c1-6-3-4-8(7(2)11)5-9(6)10/h3-5,7,11H,1-2H3. The summed E-state index contributed by atoms with van der Waals surface area (Å²) >= 11 is 4.20. The van der Waals surface area contributed by atoms with Crippen LogP contribution in [0.3, 0.4) is 0 Å². The van der Waals surface area contributed by atoms with E-state index in [2.05, 4.69) is 12.6 Å². The largest absolute Gasteiger partial charge is 0.207 e. The zero-order valence-electron chi connectivity index (χ0n) is 6.63. The molecular weight excluding hydrogens is 159 g/mol. The third-order valence-corrected chi connectivity index (χ3v) is 1.98. The summed E-state index contributed by atoms with van der Waals surface area (Å²) in [5, 5.41) is 0.102. The van der Waals surface area contributed by atoms with Gasteiger partial charge in [-0.05, 0) is 31.0 Å². The fraction of sp³-hybridized carbons (Fsp3) is 0.333. The molecule has 0 spiro atoms. The second kappa shape index (κ2) is 3.26. The molecule has 0 amide bonds. The van der Waals surface area contributed by atoms with Gasteiger partial charge in [-0.3, -0.25) is 0 Å². The summed E-state index contributed by atoms with van der Waals surface area (Å²) in [6.45, 7) is 3.68. The molecule has 60 valence electrons. The van der Waals surface area contributed by atoms with Gasteiger partial charge in [0, 0.05) is 5.25 Å². The maximum Gasteiger partial charge on any atom is 0.126 e.